The monoisotopic (exact) mass is 228 g/mol. The molecule has 1 aromatic heterocycles. The van der Waals surface area contributed by atoms with Gasteiger partial charge in [-0.25, -0.2) is 4.98 Å². The lowest BCUT2D eigenvalue weighted by molar-refractivity contribution is 0.934. The van der Waals surface area contributed by atoms with Crippen LogP contribution in [0.25, 0.3) is 6.08 Å². The zero-order chi connectivity index (χ0) is 10.4. The van der Waals surface area contributed by atoms with E-state index in [1.165, 1.54) is 11.8 Å². The Labute approximate surface area is 92.4 Å². The number of thioether (sulfide) groups is 1. The summed E-state index contributed by atoms with van der Waals surface area (Å²) in [6.07, 6.45) is 7.99. The maximum Gasteiger partial charge on any atom is 0.258 e. The predicted molar refractivity (Wildman–Crippen MR) is 64.1 cm³/mol. The van der Waals surface area contributed by atoms with Gasteiger partial charge < -0.3 is 4.98 Å². The quantitative estimate of drug-likeness (QED) is 0.469. The fourth-order valence-corrected chi connectivity index (χ4v) is 1.40. The van der Waals surface area contributed by atoms with E-state index in [0.717, 1.165) is 12.2 Å². The average Bonchev–Trinajstić information content (AvgIpc) is 2.20. The molecule has 0 aliphatic heterocycles. The molecule has 0 amide bonds. The number of nitrogens with zero attached hydrogens (tertiary/aromatic N) is 1. The largest absolute Gasteiger partial charge is 0.301 e. The Morgan fingerprint density at radius 2 is 2.50 bits per heavy atom. The van der Waals surface area contributed by atoms with Gasteiger partial charge in [0.25, 0.3) is 5.56 Å². The second-order valence-electron chi connectivity index (χ2n) is 2.59. The fraction of sp³-hybridized carbons (Fsp3) is 0.333. The van der Waals surface area contributed by atoms with Crippen LogP contribution in [0.5, 0.6) is 0 Å². The van der Waals surface area contributed by atoms with Crippen LogP contribution in [-0.4, -0.2) is 22.0 Å². The maximum absolute atomic E-state index is 11.4. The molecule has 1 N–H and O–H groups in total. The number of aromatic amines is 1. The van der Waals surface area contributed by atoms with Crippen LogP contribution >= 0.6 is 24.4 Å². The SMILES string of the molecule is CSc1ncc(C=CCCS)c(=O)[nH]1. The summed E-state index contributed by atoms with van der Waals surface area (Å²) >= 11 is 5.49. The van der Waals surface area contributed by atoms with E-state index in [-0.39, 0.29) is 5.56 Å². The van der Waals surface area contributed by atoms with Gasteiger partial charge >= 0.3 is 0 Å². The van der Waals surface area contributed by atoms with Crippen LogP contribution in [0.3, 0.4) is 0 Å². The molecule has 0 aliphatic rings. The second-order valence-corrected chi connectivity index (χ2v) is 3.83. The highest BCUT2D eigenvalue weighted by Gasteiger charge is 1.97. The van der Waals surface area contributed by atoms with Crippen LogP contribution in [0.1, 0.15) is 12.0 Å². The van der Waals surface area contributed by atoms with Gasteiger partial charge in [-0.3, -0.25) is 4.79 Å². The molecule has 14 heavy (non-hydrogen) atoms. The summed E-state index contributed by atoms with van der Waals surface area (Å²) in [5.41, 5.74) is 0.490. The van der Waals surface area contributed by atoms with E-state index in [1.807, 2.05) is 12.3 Å². The molecule has 76 valence electrons. The number of allylic oxidation sites excluding steroid dienone is 1. The van der Waals surface area contributed by atoms with E-state index < -0.39 is 0 Å². The third kappa shape index (κ3) is 3.23. The van der Waals surface area contributed by atoms with Gasteiger partial charge in [0.2, 0.25) is 0 Å². The molecule has 0 spiro atoms. The van der Waals surface area contributed by atoms with Crippen LogP contribution in [0.15, 0.2) is 22.2 Å². The van der Waals surface area contributed by atoms with Crippen molar-refractivity contribution in [3.05, 3.63) is 28.2 Å². The lowest BCUT2D eigenvalue weighted by Gasteiger charge is -1.95. The fourth-order valence-electron chi connectivity index (χ4n) is 0.896. The van der Waals surface area contributed by atoms with Crippen molar-refractivity contribution in [1.29, 1.82) is 0 Å². The van der Waals surface area contributed by atoms with Gasteiger partial charge in [-0.2, -0.15) is 12.6 Å². The van der Waals surface area contributed by atoms with Crippen molar-refractivity contribution >= 4 is 30.5 Å². The molecule has 0 aromatic carbocycles. The molecular weight excluding hydrogens is 216 g/mol. The summed E-state index contributed by atoms with van der Waals surface area (Å²) in [5, 5.41) is 0.640. The van der Waals surface area contributed by atoms with Gasteiger partial charge in [0.15, 0.2) is 5.16 Å². The molecule has 0 unspecified atom stereocenters. The summed E-state index contributed by atoms with van der Waals surface area (Å²) in [7, 11) is 0. The minimum absolute atomic E-state index is 0.0974. The molecule has 0 saturated heterocycles. The Morgan fingerprint density at radius 1 is 1.71 bits per heavy atom. The first-order valence-corrected chi connectivity index (χ1v) is 6.04. The molecule has 3 nitrogen and oxygen atoms in total. The van der Waals surface area contributed by atoms with E-state index in [1.54, 1.807) is 12.3 Å². The van der Waals surface area contributed by atoms with Crippen molar-refractivity contribution < 1.29 is 0 Å². The van der Waals surface area contributed by atoms with Gasteiger partial charge in [0.1, 0.15) is 0 Å². The highest BCUT2D eigenvalue weighted by molar-refractivity contribution is 7.98. The van der Waals surface area contributed by atoms with Gasteiger partial charge in [-0.1, -0.05) is 23.9 Å². The van der Waals surface area contributed by atoms with Crippen LogP contribution in [0.4, 0.5) is 0 Å². The number of hydrogen-bond acceptors (Lipinski definition) is 4. The maximum atomic E-state index is 11.4. The Balaban J connectivity index is 2.84. The molecule has 5 heteroatoms. The molecule has 1 rings (SSSR count). The summed E-state index contributed by atoms with van der Waals surface area (Å²) in [4.78, 5) is 18.2. The lowest BCUT2D eigenvalue weighted by atomic mass is 10.3. The van der Waals surface area contributed by atoms with Crippen LogP contribution in [0, 0.1) is 0 Å². The van der Waals surface area contributed by atoms with Crippen molar-refractivity contribution in [1.82, 2.24) is 9.97 Å². The Kier molecular flexibility index (Phi) is 4.82. The van der Waals surface area contributed by atoms with E-state index >= 15 is 0 Å². The molecule has 0 fully saturated rings. The Bertz CT molecular complexity index is 373. The lowest BCUT2D eigenvalue weighted by Crippen LogP contribution is -2.10. The molecule has 0 radical (unpaired) electrons. The summed E-state index contributed by atoms with van der Waals surface area (Å²) in [6, 6.07) is 0. The van der Waals surface area contributed by atoms with Crippen molar-refractivity contribution in [3.8, 4) is 0 Å². The number of rotatable bonds is 4. The summed E-state index contributed by atoms with van der Waals surface area (Å²) < 4.78 is 0. The van der Waals surface area contributed by atoms with E-state index in [9.17, 15) is 4.79 Å². The smallest absolute Gasteiger partial charge is 0.258 e. The minimum Gasteiger partial charge on any atom is -0.301 e. The highest BCUT2D eigenvalue weighted by Crippen LogP contribution is 2.04. The van der Waals surface area contributed by atoms with Gasteiger partial charge in [0.05, 0.1) is 5.56 Å². The average molecular weight is 228 g/mol. The molecular formula is C9H12N2OS2. The van der Waals surface area contributed by atoms with E-state index in [4.69, 9.17) is 0 Å². The molecule has 0 saturated carbocycles. The van der Waals surface area contributed by atoms with Gasteiger partial charge in [-0.05, 0) is 18.4 Å². The molecule has 0 aliphatic carbocycles. The number of H-pyrrole nitrogens is 1. The van der Waals surface area contributed by atoms with Crippen molar-refractivity contribution in [2.45, 2.75) is 11.6 Å². The second kappa shape index (κ2) is 5.93. The van der Waals surface area contributed by atoms with E-state index in [2.05, 4.69) is 22.6 Å². The number of thiol groups is 1. The minimum atomic E-state index is -0.0974. The molecule has 1 heterocycles. The van der Waals surface area contributed by atoms with Crippen LogP contribution < -0.4 is 5.56 Å². The van der Waals surface area contributed by atoms with Crippen molar-refractivity contribution in [3.63, 3.8) is 0 Å². The normalized spacial score (nSPS) is 11.0. The van der Waals surface area contributed by atoms with Gasteiger partial charge in [-0.15, -0.1) is 0 Å². The first kappa shape index (κ1) is 11.4. The first-order chi connectivity index (χ1) is 6.77. The summed E-state index contributed by atoms with van der Waals surface area (Å²) in [5.74, 6) is 0.782. The molecule has 1 aromatic rings. The number of hydrogen-bond donors (Lipinski definition) is 2. The zero-order valence-corrected chi connectivity index (χ0v) is 9.57. The Morgan fingerprint density at radius 3 is 3.07 bits per heavy atom. The van der Waals surface area contributed by atoms with Crippen LogP contribution in [-0.2, 0) is 0 Å². The third-order valence-corrected chi connectivity index (χ3v) is 2.44. The van der Waals surface area contributed by atoms with Crippen molar-refractivity contribution in [2.75, 3.05) is 12.0 Å². The molecule has 0 bridgehead atoms. The molecule has 0 atom stereocenters. The van der Waals surface area contributed by atoms with Gasteiger partial charge in [0, 0.05) is 6.20 Å². The standard InChI is InChI=1S/C9H12N2OS2/c1-14-9-10-6-7(8(12)11-9)4-2-3-5-13/h2,4,6,13H,3,5H2,1H3,(H,10,11,12). The Hall–Kier alpha value is -0.680. The van der Waals surface area contributed by atoms with E-state index in [0.29, 0.717) is 10.7 Å². The predicted octanol–water partition coefficient (Wildman–Crippen LogP) is 1.82. The zero-order valence-electron chi connectivity index (χ0n) is 7.86. The first-order valence-electron chi connectivity index (χ1n) is 4.18. The third-order valence-electron chi connectivity index (χ3n) is 1.59. The highest BCUT2D eigenvalue weighted by atomic mass is 32.2. The van der Waals surface area contributed by atoms with Crippen LogP contribution in [0.2, 0.25) is 0 Å². The number of nitrogens with one attached hydrogen (secondary N) is 1. The van der Waals surface area contributed by atoms with Crippen molar-refractivity contribution in [2.24, 2.45) is 0 Å². The summed E-state index contributed by atoms with van der Waals surface area (Å²) in [6.45, 7) is 0. The topological polar surface area (TPSA) is 45.8 Å². The number of aromatic nitrogens is 2.